The number of phenolic OH excluding ortho intramolecular Hbond substituents is 2. The fraction of sp³-hybridized carbons (Fsp3) is 0.650. The monoisotopic (exact) mass is 333 g/mol. The zero-order chi connectivity index (χ0) is 18.1. The maximum absolute atomic E-state index is 12.9. The zero-order valence-electron chi connectivity index (χ0n) is 15.5. The zero-order valence-corrected chi connectivity index (χ0v) is 15.5. The van der Waals surface area contributed by atoms with E-state index in [9.17, 15) is 15.0 Å². The molecule has 0 saturated heterocycles. The number of phenols is 2. The third-order valence-electron chi connectivity index (χ3n) is 5.50. The molecular formula is C20H31NO3. The van der Waals surface area contributed by atoms with Crippen LogP contribution in [0, 0.1) is 23.2 Å². The van der Waals surface area contributed by atoms with Crippen molar-refractivity contribution >= 4 is 5.91 Å². The highest BCUT2D eigenvalue weighted by atomic mass is 16.3. The second-order valence-corrected chi connectivity index (χ2v) is 8.40. The van der Waals surface area contributed by atoms with Gasteiger partial charge in [0.05, 0.1) is 6.04 Å². The van der Waals surface area contributed by atoms with Gasteiger partial charge in [-0.1, -0.05) is 33.8 Å². The molecule has 1 aliphatic carbocycles. The van der Waals surface area contributed by atoms with Gasteiger partial charge in [0.15, 0.2) is 11.5 Å². The smallest absolute Gasteiger partial charge is 0.223 e. The molecule has 1 saturated carbocycles. The average Bonchev–Trinajstić information content (AvgIpc) is 2.48. The first-order chi connectivity index (χ1) is 11.1. The summed E-state index contributed by atoms with van der Waals surface area (Å²) in [6.07, 6.45) is 3.17. The van der Waals surface area contributed by atoms with Gasteiger partial charge in [-0.2, -0.15) is 0 Å². The number of rotatable bonds is 4. The van der Waals surface area contributed by atoms with Crippen LogP contribution in [-0.4, -0.2) is 16.1 Å². The number of carbonyl (C=O) groups is 1. The Morgan fingerprint density at radius 3 is 2.46 bits per heavy atom. The molecule has 3 unspecified atom stereocenters. The number of nitrogens with one attached hydrogen (secondary N) is 1. The molecule has 4 heteroatoms. The first-order valence-electron chi connectivity index (χ1n) is 8.93. The summed E-state index contributed by atoms with van der Waals surface area (Å²) in [6.45, 7) is 10.8. The third kappa shape index (κ3) is 4.22. The van der Waals surface area contributed by atoms with Crippen molar-refractivity contribution in [1.82, 2.24) is 5.32 Å². The van der Waals surface area contributed by atoms with Gasteiger partial charge in [0.2, 0.25) is 5.91 Å². The van der Waals surface area contributed by atoms with Crippen molar-refractivity contribution in [3.05, 3.63) is 23.8 Å². The highest BCUT2D eigenvalue weighted by molar-refractivity contribution is 5.79. The first kappa shape index (κ1) is 18.6. The van der Waals surface area contributed by atoms with Crippen LogP contribution in [0.2, 0.25) is 0 Å². The Labute approximate surface area is 145 Å². The summed E-state index contributed by atoms with van der Waals surface area (Å²) in [5.74, 6) is 0.727. The minimum Gasteiger partial charge on any atom is -0.504 e. The summed E-state index contributed by atoms with van der Waals surface area (Å²) in [7, 11) is 0. The lowest BCUT2D eigenvalue weighted by molar-refractivity contribution is -0.131. The third-order valence-corrected chi connectivity index (χ3v) is 5.50. The summed E-state index contributed by atoms with van der Waals surface area (Å²) >= 11 is 0. The lowest BCUT2D eigenvalue weighted by atomic mass is 9.64. The molecule has 1 amide bonds. The van der Waals surface area contributed by atoms with Crippen LogP contribution in [0.15, 0.2) is 18.2 Å². The van der Waals surface area contributed by atoms with Crippen LogP contribution < -0.4 is 5.32 Å². The van der Waals surface area contributed by atoms with E-state index in [1.807, 2.05) is 6.92 Å². The molecule has 1 aromatic carbocycles. The van der Waals surface area contributed by atoms with Gasteiger partial charge in [-0.15, -0.1) is 0 Å². The topological polar surface area (TPSA) is 69.6 Å². The van der Waals surface area contributed by atoms with E-state index in [1.165, 1.54) is 18.6 Å². The predicted octanol–water partition coefficient (Wildman–Crippen LogP) is 4.37. The van der Waals surface area contributed by atoms with Crippen LogP contribution in [0.5, 0.6) is 11.5 Å². The van der Waals surface area contributed by atoms with E-state index in [0.717, 1.165) is 18.4 Å². The van der Waals surface area contributed by atoms with Crippen molar-refractivity contribution in [2.24, 2.45) is 23.2 Å². The summed E-state index contributed by atoms with van der Waals surface area (Å²) in [4.78, 5) is 12.9. The highest BCUT2D eigenvalue weighted by Gasteiger charge is 2.40. The van der Waals surface area contributed by atoms with Crippen LogP contribution in [0.4, 0.5) is 0 Å². The second-order valence-electron chi connectivity index (χ2n) is 8.40. The van der Waals surface area contributed by atoms with Crippen LogP contribution in [-0.2, 0) is 4.79 Å². The Kier molecular flexibility index (Phi) is 5.46. The Balaban J connectivity index is 2.12. The molecular weight excluding hydrogens is 302 g/mol. The standard InChI is InChI=1S/C20H31NO3/c1-12(2)15-8-9-20(4,5)11-16(15)19(24)21-13(3)14-6-7-17(22)18(23)10-14/h6-7,10,12-13,15-16,22-23H,8-9,11H2,1-5H3,(H,21,24). The molecule has 1 aromatic rings. The fourth-order valence-electron chi connectivity index (χ4n) is 3.91. The molecule has 1 fully saturated rings. The Morgan fingerprint density at radius 2 is 1.88 bits per heavy atom. The van der Waals surface area contributed by atoms with Crippen molar-refractivity contribution in [1.29, 1.82) is 0 Å². The first-order valence-corrected chi connectivity index (χ1v) is 8.93. The number of hydrogen-bond acceptors (Lipinski definition) is 3. The molecule has 0 heterocycles. The molecule has 134 valence electrons. The molecule has 0 spiro atoms. The quantitative estimate of drug-likeness (QED) is 0.716. The summed E-state index contributed by atoms with van der Waals surface area (Å²) in [5, 5.41) is 22.2. The van der Waals surface area contributed by atoms with E-state index in [-0.39, 0.29) is 34.8 Å². The predicted molar refractivity (Wildman–Crippen MR) is 95.8 cm³/mol. The van der Waals surface area contributed by atoms with Crippen molar-refractivity contribution in [2.75, 3.05) is 0 Å². The molecule has 4 nitrogen and oxygen atoms in total. The summed E-state index contributed by atoms with van der Waals surface area (Å²) < 4.78 is 0. The maximum Gasteiger partial charge on any atom is 0.223 e. The Hall–Kier alpha value is -1.71. The van der Waals surface area contributed by atoms with Crippen LogP contribution in [0.1, 0.15) is 65.5 Å². The van der Waals surface area contributed by atoms with Crippen molar-refractivity contribution in [3.63, 3.8) is 0 Å². The van der Waals surface area contributed by atoms with Crippen molar-refractivity contribution < 1.29 is 15.0 Å². The minimum absolute atomic E-state index is 0.0295. The van der Waals surface area contributed by atoms with Gasteiger partial charge < -0.3 is 15.5 Å². The van der Waals surface area contributed by atoms with Gasteiger partial charge in [0.1, 0.15) is 0 Å². The van der Waals surface area contributed by atoms with Crippen molar-refractivity contribution in [2.45, 2.75) is 59.9 Å². The normalized spacial score (nSPS) is 24.6. The largest absolute Gasteiger partial charge is 0.504 e. The van der Waals surface area contributed by atoms with E-state index in [1.54, 1.807) is 6.07 Å². The minimum atomic E-state index is -0.207. The van der Waals surface area contributed by atoms with Gasteiger partial charge in [-0.05, 0) is 61.1 Å². The van der Waals surface area contributed by atoms with E-state index in [4.69, 9.17) is 0 Å². The van der Waals surface area contributed by atoms with E-state index in [0.29, 0.717) is 11.8 Å². The van der Waals surface area contributed by atoms with Crippen LogP contribution in [0.25, 0.3) is 0 Å². The van der Waals surface area contributed by atoms with Crippen molar-refractivity contribution in [3.8, 4) is 11.5 Å². The average molecular weight is 333 g/mol. The summed E-state index contributed by atoms with van der Waals surface area (Å²) in [5.41, 5.74) is 0.989. The van der Waals surface area contributed by atoms with Gasteiger partial charge in [0, 0.05) is 5.92 Å². The fourth-order valence-corrected chi connectivity index (χ4v) is 3.91. The Bertz CT molecular complexity index is 595. The molecule has 0 aliphatic heterocycles. The molecule has 24 heavy (non-hydrogen) atoms. The van der Waals surface area contributed by atoms with Gasteiger partial charge >= 0.3 is 0 Å². The van der Waals surface area contributed by atoms with Crippen LogP contribution in [0.3, 0.4) is 0 Å². The lowest BCUT2D eigenvalue weighted by Crippen LogP contribution is -2.43. The molecule has 2 rings (SSSR count). The SMILES string of the molecule is CC(NC(=O)C1CC(C)(C)CCC1C(C)C)c1ccc(O)c(O)c1. The molecule has 0 bridgehead atoms. The Morgan fingerprint density at radius 1 is 1.21 bits per heavy atom. The highest BCUT2D eigenvalue weighted by Crippen LogP contribution is 2.44. The van der Waals surface area contributed by atoms with E-state index < -0.39 is 0 Å². The molecule has 1 aliphatic rings. The maximum atomic E-state index is 12.9. The molecule has 0 aromatic heterocycles. The van der Waals surface area contributed by atoms with Crippen LogP contribution >= 0.6 is 0 Å². The van der Waals surface area contributed by atoms with Gasteiger partial charge in [-0.3, -0.25) is 4.79 Å². The van der Waals surface area contributed by atoms with E-state index >= 15 is 0 Å². The lowest BCUT2D eigenvalue weighted by Gasteiger charge is -2.42. The molecule has 3 N–H and O–H groups in total. The second kappa shape index (κ2) is 7.04. The van der Waals surface area contributed by atoms with Gasteiger partial charge in [0.25, 0.3) is 0 Å². The number of hydrogen-bond donors (Lipinski definition) is 3. The summed E-state index contributed by atoms with van der Waals surface area (Å²) in [6, 6.07) is 4.48. The number of amides is 1. The number of benzene rings is 1. The number of aromatic hydroxyl groups is 2. The molecule has 0 radical (unpaired) electrons. The number of carbonyl (C=O) groups excluding carboxylic acids is 1. The van der Waals surface area contributed by atoms with E-state index in [2.05, 4.69) is 33.0 Å². The molecule has 3 atom stereocenters. The van der Waals surface area contributed by atoms with Gasteiger partial charge in [-0.25, -0.2) is 0 Å².